The van der Waals surface area contributed by atoms with Crippen molar-refractivity contribution in [1.29, 1.82) is 0 Å². The first-order valence-electron chi connectivity index (χ1n) is 6.44. The third-order valence-electron chi connectivity index (χ3n) is 3.51. The fraction of sp³-hybridized carbons (Fsp3) is 0. The van der Waals surface area contributed by atoms with Crippen LogP contribution in [0.25, 0.3) is 23.2 Å². The van der Waals surface area contributed by atoms with Crippen molar-refractivity contribution in [3.8, 4) is 5.88 Å². The van der Waals surface area contributed by atoms with E-state index in [0.717, 1.165) is 16.1 Å². The van der Waals surface area contributed by atoms with E-state index in [4.69, 9.17) is 0 Å². The number of nitrogens with zero attached hydrogens (tertiary/aromatic N) is 2. The summed E-state index contributed by atoms with van der Waals surface area (Å²) < 4.78 is 13.4. The average molecular weight is 279 g/mol. The number of azo groups is 1. The molecule has 0 bridgehead atoms. The molecule has 0 saturated heterocycles. The predicted molar refractivity (Wildman–Crippen MR) is 78.2 cm³/mol. The summed E-state index contributed by atoms with van der Waals surface area (Å²) in [6.45, 7) is 0. The van der Waals surface area contributed by atoms with Crippen LogP contribution in [-0.4, -0.2) is 10.1 Å². The van der Waals surface area contributed by atoms with E-state index in [9.17, 15) is 9.50 Å². The van der Waals surface area contributed by atoms with Crippen LogP contribution in [0.5, 0.6) is 5.88 Å². The molecule has 0 unspecified atom stereocenters. The number of nitrogens with one attached hydrogen (secondary N) is 1. The number of hydrogen-bond acceptors (Lipinski definition) is 3. The third-order valence-corrected chi connectivity index (χ3v) is 3.51. The van der Waals surface area contributed by atoms with Gasteiger partial charge in [-0.05, 0) is 35.6 Å². The third kappa shape index (κ3) is 1.90. The van der Waals surface area contributed by atoms with Crippen molar-refractivity contribution in [3.05, 3.63) is 58.2 Å². The quantitative estimate of drug-likeness (QED) is 0.707. The molecular weight excluding hydrogens is 269 g/mol. The van der Waals surface area contributed by atoms with Gasteiger partial charge in [-0.3, -0.25) is 0 Å². The molecule has 4 nitrogen and oxygen atoms in total. The topological polar surface area (TPSA) is 60.7 Å². The Morgan fingerprint density at radius 1 is 1.14 bits per heavy atom. The summed E-state index contributed by atoms with van der Waals surface area (Å²) in [5, 5.41) is 20.3. The predicted octanol–water partition coefficient (Wildman–Crippen LogP) is 2.68. The highest BCUT2D eigenvalue weighted by atomic mass is 19.1. The van der Waals surface area contributed by atoms with Crippen molar-refractivity contribution in [2.75, 3.05) is 0 Å². The second-order valence-electron chi connectivity index (χ2n) is 4.88. The number of fused-ring (bicyclic) bond motifs is 2. The van der Waals surface area contributed by atoms with Gasteiger partial charge in [0.2, 0.25) is 0 Å². The molecule has 2 heterocycles. The average Bonchev–Trinajstić information content (AvgIpc) is 3.04. The second-order valence-corrected chi connectivity index (χ2v) is 4.88. The molecular formula is C16H10FN3O. The van der Waals surface area contributed by atoms with Gasteiger partial charge in [-0.1, -0.05) is 12.1 Å². The zero-order valence-corrected chi connectivity index (χ0v) is 10.8. The van der Waals surface area contributed by atoms with Crippen LogP contribution >= 0.6 is 0 Å². The van der Waals surface area contributed by atoms with E-state index in [2.05, 4.69) is 15.2 Å². The van der Waals surface area contributed by atoms with Gasteiger partial charge in [0, 0.05) is 21.7 Å². The molecule has 0 radical (unpaired) electrons. The first-order chi connectivity index (χ1) is 10.2. The van der Waals surface area contributed by atoms with Gasteiger partial charge in [0.1, 0.15) is 5.82 Å². The largest absolute Gasteiger partial charge is 0.494 e. The highest BCUT2D eigenvalue weighted by Gasteiger charge is 2.09. The van der Waals surface area contributed by atoms with Crippen LogP contribution in [0.1, 0.15) is 5.56 Å². The van der Waals surface area contributed by atoms with E-state index in [1.54, 1.807) is 18.3 Å². The van der Waals surface area contributed by atoms with Crippen LogP contribution in [0.2, 0.25) is 0 Å². The molecule has 2 N–H and O–H groups in total. The van der Waals surface area contributed by atoms with Gasteiger partial charge in [-0.25, -0.2) is 4.39 Å². The molecule has 0 amide bonds. The fourth-order valence-corrected chi connectivity index (χ4v) is 2.48. The summed E-state index contributed by atoms with van der Waals surface area (Å²) in [5.74, 6) is -0.321. The molecule has 0 fully saturated rings. The molecule has 0 atom stereocenters. The summed E-state index contributed by atoms with van der Waals surface area (Å²) in [4.78, 5) is 2.84. The van der Waals surface area contributed by atoms with E-state index in [1.807, 2.05) is 18.2 Å². The molecule has 102 valence electrons. The highest BCUT2D eigenvalue weighted by molar-refractivity contribution is 5.91. The van der Waals surface area contributed by atoms with Crippen molar-refractivity contribution in [3.63, 3.8) is 0 Å². The molecule has 3 aromatic rings. The fourth-order valence-electron chi connectivity index (χ4n) is 2.48. The minimum Gasteiger partial charge on any atom is -0.494 e. The van der Waals surface area contributed by atoms with E-state index in [1.165, 1.54) is 12.1 Å². The van der Waals surface area contributed by atoms with Crippen LogP contribution in [0.3, 0.4) is 0 Å². The first kappa shape index (κ1) is 11.8. The molecule has 0 spiro atoms. The lowest BCUT2D eigenvalue weighted by Crippen LogP contribution is -2.06. The molecule has 1 aliphatic rings. The number of rotatable bonds is 1. The van der Waals surface area contributed by atoms with Crippen LogP contribution in [0, 0.1) is 5.82 Å². The zero-order chi connectivity index (χ0) is 14.4. The van der Waals surface area contributed by atoms with Crippen LogP contribution in [-0.2, 0) is 0 Å². The van der Waals surface area contributed by atoms with Crippen molar-refractivity contribution < 1.29 is 9.50 Å². The van der Waals surface area contributed by atoms with E-state index >= 15 is 0 Å². The number of aromatic amines is 1. The van der Waals surface area contributed by atoms with E-state index in [-0.39, 0.29) is 11.7 Å². The minimum absolute atomic E-state index is 0.0179. The normalized spacial score (nSPS) is 13.7. The number of aromatic nitrogens is 1. The van der Waals surface area contributed by atoms with Gasteiger partial charge >= 0.3 is 0 Å². The highest BCUT2D eigenvalue weighted by Crippen LogP contribution is 2.28. The Hall–Kier alpha value is -2.95. The van der Waals surface area contributed by atoms with Crippen LogP contribution in [0.15, 0.2) is 46.6 Å². The molecule has 0 saturated carbocycles. The Bertz CT molecular complexity index is 1020. The molecule has 0 aliphatic carbocycles. The Balaban J connectivity index is 1.97. The number of H-pyrrole nitrogens is 1. The summed E-state index contributed by atoms with van der Waals surface area (Å²) in [5.41, 5.74) is 2.03. The number of halogens is 1. The number of benzene rings is 2. The lowest BCUT2D eigenvalue weighted by Gasteiger charge is -1.94. The van der Waals surface area contributed by atoms with E-state index in [0.29, 0.717) is 16.5 Å². The first-order valence-corrected chi connectivity index (χ1v) is 6.44. The SMILES string of the molecule is Oc1[nH]c2ccc(F)cc2c1C=c1ccc2c(c1)N=NC=2. The molecule has 1 aromatic heterocycles. The number of hydrogen-bond donors (Lipinski definition) is 2. The van der Waals surface area contributed by atoms with Crippen LogP contribution in [0.4, 0.5) is 10.1 Å². The summed E-state index contributed by atoms with van der Waals surface area (Å²) in [6.07, 6.45) is 3.49. The zero-order valence-electron chi connectivity index (χ0n) is 10.8. The van der Waals surface area contributed by atoms with Gasteiger partial charge in [-0.15, -0.1) is 0 Å². The molecule has 1 aliphatic heterocycles. The maximum Gasteiger partial charge on any atom is 0.196 e. The van der Waals surface area contributed by atoms with Crippen LogP contribution < -0.4 is 10.4 Å². The molecule has 2 aromatic carbocycles. The Labute approximate surface area is 118 Å². The Morgan fingerprint density at radius 3 is 2.95 bits per heavy atom. The maximum absolute atomic E-state index is 13.4. The molecule has 21 heavy (non-hydrogen) atoms. The lowest BCUT2D eigenvalue weighted by molar-refractivity contribution is 0.457. The van der Waals surface area contributed by atoms with Gasteiger partial charge in [0.05, 0.1) is 11.9 Å². The second kappa shape index (κ2) is 4.28. The summed E-state index contributed by atoms with van der Waals surface area (Å²) >= 11 is 0. The minimum atomic E-state index is -0.339. The smallest absolute Gasteiger partial charge is 0.196 e. The Kier molecular flexibility index (Phi) is 2.41. The van der Waals surface area contributed by atoms with E-state index < -0.39 is 0 Å². The maximum atomic E-state index is 13.4. The number of aromatic hydroxyl groups is 1. The van der Waals surface area contributed by atoms with Crippen molar-refractivity contribution in [2.45, 2.75) is 0 Å². The van der Waals surface area contributed by atoms with Crippen molar-refractivity contribution in [1.82, 2.24) is 4.98 Å². The summed E-state index contributed by atoms with van der Waals surface area (Å²) in [6, 6.07) is 10.1. The lowest BCUT2D eigenvalue weighted by atomic mass is 10.1. The van der Waals surface area contributed by atoms with Gasteiger partial charge in [0.15, 0.2) is 5.88 Å². The standard InChI is InChI=1S/C16H10FN3O/c17-11-3-4-14-12(7-11)13(16(21)19-14)5-9-1-2-10-8-18-20-15(10)6-9/h1-8,19,21H. The molecule has 5 heteroatoms. The summed E-state index contributed by atoms with van der Waals surface area (Å²) in [7, 11) is 0. The van der Waals surface area contributed by atoms with Gasteiger partial charge in [-0.2, -0.15) is 10.2 Å². The van der Waals surface area contributed by atoms with Gasteiger partial charge < -0.3 is 10.1 Å². The Morgan fingerprint density at radius 2 is 2.05 bits per heavy atom. The van der Waals surface area contributed by atoms with Crippen molar-refractivity contribution >= 4 is 28.9 Å². The molecule has 4 rings (SSSR count). The van der Waals surface area contributed by atoms with Gasteiger partial charge in [0.25, 0.3) is 0 Å². The van der Waals surface area contributed by atoms with Crippen molar-refractivity contribution in [2.24, 2.45) is 10.2 Å². The monoisotopic (exact) mass is 279 g/mol.